The Labute approximate surface area is 142 Å². The molecule has 1 rings (SSSR count). The monoisotopic (exact) mass is 338 g/mol. The topological polar surface area (TPSA) is 77.0 Å². The molecule has 1 atom stereocenters. The zero-order valence-electron chi connectivity index (χ0n) is 13.6. The van der Waals surface area contributed by atoms with E-state index in [-0.39, 0.29) is 5.17 Å². The van der Waals surface area contributed by atoms with Gasteiger partial charge in [0, 0.05) is 17.5 Å². The number of nitrogens with zero attached hydrogens (tertiary/aromatic N) is 1. The third kappa shape index (κ3) is 8.46. The maximum atomic E-state index is 7.69. The molecule has 0 radical (unpaired) electrons. The van der Waals surface area contributed by atoms with Gasteiger partial charge >= 0.3 is 0 Å². The van der Waals surface area contributed by atoms with E-state index in [0.29, 0.717) is 10.3 Å². The van der Waals surface area contributed by atoms with Crippen molar-refractivity contribution in [1.29, 1.82) is 10.8 Å². The Hall–Kier alpha value is -0.980. The fraction of sp³-hybridized carbons (Fsp3) is 0.500. The fourth-order valence-corrected chi connectivity index (χ4v) is 3.89. The van der Waals surface area contributed by atoms with E-state index in [1.165, 1.54) is 22.9 Å². The molecule has 4 N–H and O–H groups in total. The van der Waals surface area contributed by atoms with Gasteiger partial charge in [0.25, 0.3) is 0 Å². The van der Waals surface area contributed by atoms with Crippen LogP contribution in [0.1, 0.15) is 18.1 Å². The third-order valence-electron chi connectivity index (χ3n) is 3.05. The van der Waals surface area contributed by atoms with Crippen LogP contribution in [0.25, 0.3) is 0 Å². The minimum Gasteiger partial charge on any atom is -0.379 e. The Balaban J connectivity index is 2.56. The summed E-state index contributed by atoms with van der Waals surface area (Å²) in [6.45, 7) is 2.82. The second kappa shape index (κ2) is 9.92. The van der Waals surface area contributed by atoms with E-state index in [1.54, 1.807) is 11.8 Å². The van der Waals surface area contributed by atoms with Crippen molar-refractivity contribution in [3.63, 3.8) is 0 Å². The van der Waals surface area contributed by atoms with Gasteiger partial charge in [-0.2, -0.15) is 0 Å². The first-order chi connectivity index (χ1) is 10.4. The highest BCUT2D eigenvalue weighted by molar-refractivity contribution is 8.14. The van der Waals surface area contributed by atoms with Crippen molar-refractivity contribution in [3.8, 4) is 0 Å². The van der Waals surface area contributed by atoms with Gasteiger partial charge in [0.1, 0.15) is 0 Å². The van der Waals surface area contributed by atoms with Gasteiger partial charge in [-0.3, -0.25) is 10.8 Å². The number of aryl methyl sites for hydroxylation is 1. The summed E-state index contributed by atoms with van der Waals surface area (Å²) in [6, 6.07) is 8.67. The van der Waals surface area contributed by atoms with E-state index >= 15 is 0 Å². The minimum atomic E-state index is 0.183. The molecule has 0 aromatic heterocycles. The van der Waals surface area contributed by atoms with Crippen molar-refractivity contribution in [1.82, 2.24) is 4.90 Å². The summed E-state index contributed by atoms with van der Waals surface area (Å²) in [5, 5.41) is 16.2. The molecule has 0 saturated carbocycles. The van der Waals surface area contributed by atoms with Gasteiger partial charge in [-0.1, -0.05) is 36.0 Å². The fourth-order valence-electron chi connectivity index (χ4n) is 2.18. The summed E-state index contributed by atoms with van der Waals surface area (Å²) >= 11 is 3.03. The van der Waals surface area contributed by atoms with Crippen LogP contribution in [0.15, 0.2) is 24.3 Å². The van der Waals surface area contributed by atoms with Crippen LogP contribution in [-0.2, 0) is 12.8 Å². The average molecular weight is 339 g/mol. The Morgan fingerprint density at radius 3 is 2.27 bits per heavy atom. The summed E-state index contributed by atoms with van der Waals surface area (Å²) in [7, 11) is 4.14. The van der Waals surface area contributed by atoms with Gasteiger partial charge in [0.05, 0.1) is 5.04 Å². The lowest BCUT2D eigenvalue weighted by atomic mass is 10.1. The van der Waals surface area contributed by atoms with Crippen molar-refractivity contribution in [2.24, 2.45) is 5.73 Å². The van der Waals surface area contributed by atoms with E-state index in [9.17, 15) is 0 Å². The highest BCUT2D eigenvalue weighted by Crippen LogP contribution is 2.19. The Morgan fingerprint density at radius 2 is 1.77 bits per heavy atom. The molecular formula is C16H26N4S2. The highest BCUT2D eigenvalue weighted by Gasteiger charge is 2.12. The number of amidine groups is 1. The van der Waals surface area contributed by atoms with Crippen LogP contribution in [0, 0.1) is 10.8 Å². The highest BCUT2D eigenvalue weighted by atomic mass is 32.2. The predicted octanol–water partition coefficient (Wildman–Crippen LogP) is 3.06. The van der Waals surface area contributed by atoms with Crippen molar-refractivity contribution in [2.75, 3.05) is 26.4 Å². The molecule has 22 heavy (non-hydrogen) atoms. The van der Waals surface area contributed by atoms with E-state index < -0.39 is 0 Å². The minimum absolute atomic E-state index is 0.183. The molecule has 0 spiro atoms. The first-order valence-electron chi connectivity index (χ1n) is 7.28. The number of hydrogen-bond acceptors (Lipinski definition) is 5. The van der Waals surface area contributed by atoms with Gasteiger partial charge in [-0.25, -0.2) is 0 Å². The summed E-state index contributed by atoms with van der Waals surface area (Å²) in [6.07, 6.45) is 1.90. The third-order valence-corrected chi connectivity index (χ3v) is 4.77. The number of hydrogen-bond donors (Lipinski definition) is 3. The summed E-state index contributed by atoms with van der Waals surface area (Å²) in [5.41, 5.74) is 7.92. The lowest BCUT2D eigenvalue weighted by molar-refractivity contribution is 0.406. The molecule has 1 aromatic carbocycles. The first-order valence-corrected chi connectivity index (χ1v) is 9.14. The molecule has 0 aliphatic heterocycles. The molecule has 0 aliphatic carbocycles. The molecule has 1 aromatic rings. The molecule has 0 fully saturated rings. The molecule has 0 saturated heterocycles. The molecule has 0 amide bonds. The van der Waals surface area contributed by atoms with Crippen LogP contribution in [-0.4, -0.2) is 46.8 Å². The van der Waals surface area contributed by atoms with Crippen LogP contribution in [0.4, 0.5) is 0 Å². The lowest BCUT2D eigenvalue weighted by Crippen LogP contribution is -2.26. The van der Waals surface area contributed by atoms with Crippen LogP contribution < -0.4 is 5.73 Å². The van der Waals surface area contributed by atoms with Gasteiger partial charge in [-0.15, -0.1) is 11.8 Å². The van der Waals surface area contributed by atoms with E-state index in [0.717, 1.165) is 25.1 Å². The standard InChI is InChI=1S/C16H26N4S2/c1-12(17)22-15(11-20(2)3)10-14-6-4-13(5-7-14)8-9-21-16(18)19/h4-7,15,17H,8-11H2,1-3H3,(H3,18,19)/t15-/m0/s1. The number of nitrogens with two attached hydrogens (primary N) is 1. The SMILES string of the molecule is CC(=N)S[C@@H](Cc1ccc(CCSC(=N)N)cc1)CN(C)C. The molecule has 0 bridgehead atoms. The molecule has 0 heterocycles. The predicted molar refractivity (Wildman–Crippen MR) is 102 cm³/mol. The quantitative estimate of drug-likeness (QED) is 0.503. The summed E-state index contributed by atoms with van der Waals surface area (Å²) < 4.78 is 0. The number of nitrogens with one attached hydrogen (secondary N) is 2. The second-order valence-corrected chi connectivity index (χ2v) is 8.19. The van der Waals surface area contributed by atoms with Gasteiger partial charge in [-0.05, 0) is 45.0 Å². The zero-order valence-corrected chi connectivity index (χ0v) is 15.2. The Kier molecular flexibility index (Phi) is 8.60. The molecule has 4 nitrogen and oxygen atoms in total. The lowest BCUT2D eigenvalue weighted by Gasteiger charge is -2.20. The Morgan fingerprint density at radius 1 is 1.18 bits per heavy atom. The van der Waals surface area contributed by atoms with E-state index in [4.69, 9.17) is 16.6 Å². The largest absolute Gasteiger partial charge is 0.379 e. The van der Waals surface area contributed by atoms with Crippen molar-refractivity contribution in [3.05, 3.63) is 35.4 Å². The average Bonchev–Trinajstić information content (AvgIpc) is 2.38. The first kappa shape index (κ1) is 19.1. The van der Waals surface area contributed by atoms with Gasteiger partial charge in [0.2, 0.25) is 0 Å². The van der Waals surface area contributed by atoms with Gasteiger partial charge < -0.3 is 10.6 Å². The van der Waals surface area contributed by atoms with Crippen molar-refractivity contribution >= 4 is 33.7 Å². The molecule has 122 valence electrons. The molecule has 0 unspecified atom stereocenters. The normalized spacial score (nSPS) is 12.4. The maximum absolute atomic E-state index is 7.69. The van der Waals surface area contributed by atoms with Crippen LogP contribution in [0.2, 0.25) is 0 Å². The van der Waals surface area contributed by atoms with Crippen LogP contribution in [0.3, 0.4) is 0 Å². The van der Waals surface area contributed by atoms with Crippen molar-refractivity contribution in [2.45, 2.75) is 25.0 Å². The zero-order chi connectivity index (χ0) is 16.5. The summed E-state index contributed by atoms with van der Waals surface area (Å²) in [4.78, 5) is 2.17. The summed E-state index contributed by atoms with van der Waals surface area (Å²) in [5.74, 6) is 0.848. The smallest absolute Gasteiger partial charge is 0.151 e. The molecule has 6 heteroatoms. The number of benzene rings is 1. The number of thioether (sulfide) groups is 2. The van der Waals surface area contributed by atoms with E-state index in [2.05, 4.69) is 43.3 Å². The van der Waals surface area contributed by atoms with Gasteiger partial charge in [0.15, 0.2) is 5.17 Å². The molecule has 0 aliphatic rings. The second-order valence-electron chi connectivity index (χ2n) is 5.54. The van der Waals surface area contributed by atoms with Crippen LogP contribution >= 0.6 is 23.5 Å². The van der Waals surface area contributed by atoms with E-state index in [1.807, 2.05) is 6.92 Å². The Bertz CT molecular complexity index is 485. The van der Waals surface area contributed by atoms with Crippen molar-refractivity contribution < 1.29 is 0 Å². The maximum Gasteiger partial charge on any atom is 0.151 e. The molecular weight excluding hydrogens is 312 g/mol. The van der Waals surface area contributed by atoms with Crippen LogP contribution in [0.5, 0.6) is 0 Å². The number of rotatable bonds is 8.